The van der Waals surface area contributed by atoms with Crippen molar-refractivity contribution in [1.29, 1.82) is 0 Å². The summed E-state index contributed by atoms with van der Waals surface area (Å²) in [6.07, 6.45) is 3.15. The quantitative estimate of drug-likeness (QED) is 0.211. The summed E-state index contributed by atoms with van der Waals surface area (Å²) in [5.41, 5.74) is 0.713. The number of amides is 3. The van der Waals surface area contributed by atoms with Crippen LogP contribution in [0.4, 0.5) is 4.79 Å². The molecule has 3 aliphatic rings. The number of tetrazole rings is 1. The molecule has 0 aromatic carbocycles. The molecule has 2 aromatic rings. The van der Waals surface area contributed by atoms with E-state index in [1.165, 1.54) is 28.2 Å². The summed E-state index contributed by atoms with van der Waals surface area (Å²) < 4.78 is 6.59. The average Bonchev–Trinajstić information content (AvgIpc) is 3.41. The number of carboxylic acid groups (broad SMARTS) is 1. The summed E-state index contributed by atoms with van der Waals surface area (Å²) in [7, 11) is 0. The molecule has 42 heavy (non-hydrogen) atoms. The van der Waals surface area contributed by atoms with Crippen LogP contribution in [-0.2, 0) is 19.1 Å². The number of nitrogens with one attached hydrogen (secondary N) is 2. The van der Waals surface area contributed by atoms with Gasteiger partial charge in [-0.1, -0.05) is 11.1 Å². The van der Waals surface area contributed by atoms with Crippen molar-refractivity contribution in [2.45, 2.75) is 74.9 Å². The molecule has 3 atom stereocenters. The van der Waals surface area contributed by atoms with Gasteiger partial charge in [-0.2, -0.15) is 0 Å². The van der Waals surface area contributed by atoms with Gasteiger partial charge in [0.15, 0.2) is 5.65 Å². The minimum atomic E-state index is -1.17. The van der Waals surface area contributed by atoms with Crippen LogP contribution in [0.3, 0.4) is 0 Å². The van der Waals surface area contributed by atoms with Gasteiger partial charge in [0.2, 0.25) is 11.8 Å². The van der Waals surface area contributed by atoms with Crippen molar-refractivity contribution in [3.8, 4) is 0 Å². The minimum absolute atomic E-state index is 0.0525. The number of carbonyl (C=O) groups excluding carboxylic acids is 3. The van der Waals surface area contributed by atoms with Gasteiger partial charge in [-0.15, -0.1) is 38.4 Å². The number of aliphatic carboxylic acids is 1. The molecular formula is C26H34N8O6S2. The van der Waals surface area contributed by atoms with Crippen molar-refractivity contribution in [3.05, 3.63) is 23.3 Å². The normalized spacial score (nSPS) is 24.2. The van der Waals surface area contributed by atoms with Crippen LogP contribution in [0.1, 0.15) is 52.9 Å². The first-order chi connectivity index (χ1) is 19.9. The molecule has 0 saturated carbocycles. The van der Waals surface area contributed by atoms with E-state index in [2.05, 4.69) is 31.3 Å². The molecule has 1 aliphatic carbocycles. The van der Waals surface area contributed by atoms with E-state index in [4.69, 9.17) is 4.74 Å². The number of thioether (sulfide) groups is 2. The predicted octanol–water partition coefficient (Wildman–Crippen LogP) is 1.87. The second-order valence-electron chi connectivity index (χ2n) is 11.7. The number of aromatic nitrogens is 5. The van der Waals surface area contributed by atoms with Crippen molar-refractivity contribution < 1.29 is 29.0 Å². The number of β-lactam (4-membered cyclic amide) rings is 1. The van der Waals surface area contributed by atoms with E-state index in [9.17, 15) is 24.3 Å². The molecule has 5 rings (SSSR count). The lowest BCUT2D eigenvalue weighted by Gasteiger charge is -2.53. The van der Waals surface area contributed by atoms with Gasteiger partial charge in [0.05, 0.1) is 0 Å². The van der Waals surface area contributed by atoms with Gasteiger partial charge in [0.25, 0.3) is 0 Å². The van der Waals surface area contributed by atoms with E-state index in [-0.39, 0.29) is 41.7 Å². The lowest BCUT2D eigenvalue weighted by atomic mass is 9.88. The van der Waals surface area contributed by atoms with Crippen LogP contribution in [0.5, 0.6) is 0 Å². The number of carboxylic acids is 1. The fraction of sp³-hybridized carbons (Fsp3) is 0.615. The molecule has 2 unspecified atom stereocenters. The van der Waals surface area contributed by atoms with Gasteiger partial charge in [0, 0.05) is 31.0 Å². The molecular weight excluding hydrogens is 584 g/mol. The zero-order valence-corrected chi connectivity index (χ0v) is 25.3. The van der Waals surface area contributed by atoms with Crippen molar-refractivity contribution in [2.24, 2.45) is 5.41 Å². The van der Waals surface area contributed by atoms with Gasteiger partial charge < -0.3 is 25.4 Å². The van der Waals surface area contributed by atoms with Crippen LogP contribution in [0.25, 0.3) is 5.65 Å². The van der Waals surface area contributed by atoms with E-state index in [1.54, 1.807) is 37.8 Å². The summed E-state index contributed by atoms with van der Waals surface area (Å²) in [5.74, 6) is -1.03. The zero-order valence-electron chi connectivity index (χ0n) is 23.7. The first-order valence-electron chi connectivity index (χ1n) is 13.7. The molecule has 2 saturated heterocycles. The number of ether oxygens (including phenoxy) is 1. The summed E-state index contributed by atoms with van der Waals surface area (Å²) in [6.45, 7) is 5.77. The second kappa shape index (κ2) is 12.1. The average molecular weight is 619 g/mol. The Hall–Kier alpha value is -3.40. The molecule has 14 nitrogen and oxygen atoms in total. The third-order valence-electron chi connectivity index (χ3n) is 7.38. The third-order valence-corrected chi connectivity index (χ3v) is 10.2. The number of fused-ring (bicyclic) bond motifs is 2. The molecule has 16 heteroatoms. The molecule has 4 heterocycles. The van der Waals surface area contributed by atoms with Gasteiger partial charge >= 0.3 is 12.1 Å². The van der Waals surface area contributed by atoms with Crippen LogP contribution in [0.2, 0.25) is 0 Å². The highest BCUT2D eigenvalue weighted by Crippen LogP contribution is 2.44. The maximum Gasteiger partial charge on any atom is 0.407 e. The molecule has 3 amide bonds. The summed E-state index contributed by atoms with van der Waals surface area (Å²) >= 11 is 2.64. The summed E-state index contributed by atoms with van der Waals surface area (Å²) in [6, 6.07) is 2.73. The van der Waals surface area contributed by atoms with Crippen molar-refractivity contribution in [2.75, 3.05) is 24.6 Å². The van der Waals surface area contributed by atoms with E-state index < -0.39 is 29.1 Å². The standard InChI is InChI=1S/C26H34N8O6S2/c1-25(2,3)40-24(39)27-11-16-7-5-4-6-15(16)10-18(35)28-20-21(36)33-12-26(23(37)38,14-42-22(20)33)13-41-19-9-8-17-29-31-32-34(17)30-19/h8-9,20,22H,4-7,10-14H2,1-3H3,(H,27,39)(H,28,35)(H,37,38)/t20?,22-,26?/m1/s1. The maximum atomic E-state index is 13.1. The molecule has 3 N–H and O–H groups in total. The minimum Gasteiger partial charge on any atom is -0.481 e. The first-order valence-corrected chi connectivity index (χ1v) is 15.8. The van der Waals surface area contributed by atoms with Crippen molar-refractivity contribution in [3.63, 3.8) is 0 Å². The molecule has 2 aromatic heterocycles. The van der Waals surface area contributed by atoms with Crippen LogP contribution in [-0.4, -0.2) is 101 Å². The Balaban J connectivity index is 1.16. The van der Waals surface area contributed by atoms with Crippen LogP contribution in [0, 0.1) is 5.41 Å². The SMILES string of the molecule is CC(C)(C)OC(=O)NCC1=C(CC(=O)NC2C(=O)N3CC(CSc4ccc5nnnn5n4)(C(=O)O)CS[C@H]23)CCCC1. The van der Waals surface area contributed by atoms with E-state index >= 15 is 0 Å². The fourth-order valence-corrected chi connectivity index (χ4v) is 7.91. The maximum absolute atomic E-state index is 13.1. The Bertz CT molecular complexity index is 1420. The topological polar surface area (TPSA) is 181 Å². The Labute approximate surface area is 250 Å². The molecule has 226 valence electrons. The number of alkyl carbamates (subject to hydrolysis) is 1. The zero-order chi connectivity index (χ0) is 30.1. The lowest BCUT2D eigenvalue weighted by molar-refractivity contribution is -0.157. The van der Waals surface area contributed by atoms with Gasteiger partial charge in [-0.05, 0) is 69.0 Å². The van der Waals surface area contributed by atoms with E-state index in [1.807, 2.05) is 0 Å². The van der Waals surface area contributed by atoms with Gasteiger partial charge in [0.1, 0.15) is 27.5 Å². The molecule has 0 spiro atoms. The number of hydrogen-bond acceptors (Lipinski definition) is 11. The highest BCUT2D eigenvalue weighted by Gasteiger charge is 2.57. The Morgan fingerprint density at radius 3 is 2.71 bits per heavy atom. The smallest absolute Gasteiger partial charge is 0.407 e. The molecule has 2 aliphatic heterocycles. The number of carbonyl (C=O) groups is 4. The van der Waals surface area contributed by atoms with E-state index in [0.717, 1.165) is 36.8 Å². The highest BCUT2D eigenvalue weighted by molar-refractivity contribution is 8.00. The fourth-order valence-electron chi connectivity index (χ4n) is 5.20. The monoisotopic (exact) mass is 618 g/mol. The summed E-state index contributed by atoms with van der Waals surface area (Å²) in [5, 5.41) is 31.5. The first kappa shape index (κ1) is 30.1. The number of nitrogens with zero attached hydrogens (tertiary/aromatic N) is 6. The van der Waals surface area contributed by atoms with Gasteiger partial charge in [-0.3, -0.25) is 14.4 Å². The molecule has 2 fully saturated rings. The van der Waals surface area contributed by atoms with Crippen molar-refractivity contribution >= 4 is 53.0 Å². The largest absolute Gasteiger partial charge is 0.481 e. The Kier molecular flexibility index (Phi) is 8.64. The predicted molar refractivity (Wildman–Crippen MR) is 154 cm³/mol. The van der Waals surface area contributed by atoms with Crippen LogP contribution in [0.15, 0.2) is 28.3 Å². The van der Waals surface area contributed by atoms with Gasteiger partial charge in [-0.25, -0.2) is 4.79 Å². The van der Waals surface area contributed by atoms with E-state index in [0.29, 0.717) is 17.2 Å². The lowest BCUT2D eigenvalue weighted by Crippen LogP contribution is -2.74. The number of hydrogen-bond donors (Lipinski definition) is 3. The van der Waals surface area contributed by atoms with Crippen LogP contribution >= 0.6 is 23.5 Å². The molecule has 0 bridgehead atoms. The Morgan fingerprint density at radius 1 is 1.21 bits per heavy atom. The Morgan fingerprint density at radius 2 is 1.98 bits per heavy atom. The number of rotatable bonds is 9. The van der Waals surface area contributed by atoms with Crippen LogP contribution < -0.4 is 10.6 Å². The molecule has 0 radical (unpaired) electrons. The van der Waals surface area contributed by atoms with Crippen molar-refractivity contribution in [1.82, 2.24) is 40.8 Å². The highest BCUT2D eigenvalue weighted by atomic mass is 32.2. The second-order valence-corrected chi connectivity index (χ2v) is 13.8. The summed E-state index contributed by atoms with van der Waals surface area (Å²) in [4.78, 5) is 52.1. The third kappa shape index (κ3) is 6.64.